The number of carbonyl (C=O) groups excluding carboxylic acids is 2. The van der Waals surface area contributed by atoms with Gasteiger partial charge in [0.05, 0.1) is 17.1 Å². The summed E-state index contributed by atoms with van der Waals surface area (Å²) in [4.78, 5) is 30.6. The Hall–Kier alpha value is -3.66. The van der Waals surface area contributed by atoms with E-state index in [0.717, 1.165) is 16.9 Å². The average Bonchev–Trinajstić information content (AvgIpc) is 3.08. The van der Waals surface area contributed by atoms with E-state index in [1.807, 2.05) is 43.3 Å². The molecule has 28 heavy (non-hydrogen) atoms. The Bertz CT molecular complexity index is 1020. The molecule has 2 aromatic carbocycles. The first-order valence-electron chi connectivity index (χ1n) is 8.96. The number of aromatic nitrogens is 2. The number of hydrogen-bond donors (Lipinski definition) is 0. The first kappa shape index (κ1) is 19.1. The average molecular weight is 376 g/mol. The molecule has 142 valence electrons. The summed E-state index contributed by atoms with van der Waals surface area (Å²) in [5.74, 6) is -0.205. The van der Waals surface area contributed by atoms with Crippen LogP contribution in [0.1, 0.15) is 12.7 Å². The van der Waals surface area contributed by atoms with Gasteiger partial charge in [-0.05, 0) is 24.3 Å². The number of aryl methyl sites for hydroxylation is 1. The maximum atomic E-state index is 12.5. The zero-order chi connectivity index (χ0) is 19.9. The molecular weight excluding hydrogens is 356 g/mol. The van der Waals surface area contributed by atoms with Crippen molar-refractivity contribution in [2.45, 2.75) is 19.9 Å². The van der Waals surface area contributed by atoms with Gasteiger partial charge in [-0.3, -0.25) is 14.5 Å². The van der Waals surface area contributed by atoms with Gasteiger partial charge in [0.1, 0.15) is 18.9 Å². The summed E-state index contributed by atoms with van der Waals surface area (Å²) >= 11 is 0. The van der Waals surface area contributed by atoms with E-state index in [9.17, 15) is 9.59 Å². The van der Waals surface area contributed by atoms with Crippen molar-refractivity contribution < 1.29 is 14.3 Å². The number of carbonyl (C=O) groups is 2. The normalized spacial score (nSPS) is 10.4. The van der Waals surface area contributed by atoms with Crippen LogP contribution in [0.3, 0.4) is 0 Å². The first-order chi connectivity index (χ1) is 13.6. The summed E-state index contributed by atoms with van der Waals surface area (Å²) in [6, 6.07) is 18.3. The molecule has 7 nitrogen and oxygen atoms in total. The largest absolute Gasteiger partial charge is 0.454 e. The van der Waals surface area contributed by atoms with Crippen LogP contribution in [-0.2, 0) is 27.3 Å². The van der Waals surface area contributed by atoms with Crippen LogP contribution in [0.2, 0.25) is 0 Å². The van der Waals surface area contributed by atoms with E-state index in [1.165, 1.54) is 4.90 Å². The summed E-state index contributed by atoms with van der Waals surface area (Å²) in [7, 11) is 0. The standard InChI is InChI=1S/C21H20N4O3/c1-2-19-23-17-10-6-7-11-18(17)25(19)14-21(27)28-15-20(26)24(13-12-22)16-8-4-3-5-9-16/h3-11H,2,13-15H2,1H3. The lowest BCUT2D eigenvalue weighted by atomic mass is 10.3. The molecule has 0 saturated carbocycles. The lowest BCUT2D eigenvalue weighted by Crippen LogP contribution is -2.35. The van der Waals surface area contributed by atoms with Gasteiger partial charge in [-0.15, -0.1) is 0 Å². The number of hydrogen-bond acceptors (Lipinski definition) is 5. The lowest BCUT2D eigenvalue weighted by molar-refractivity contribution is -0.148. The zero-order valence-electron chi connectivity index (χ0n) is 15.5. The molecule has 0 radical (unpaired) electrons. The van der Waals surface area contributed by atoms with Crippen LogP contribution in [0.5, 0.6) is 0 Å². The van der Waals surface area contributed by atoms with Crippen LogP contribution in [0.4, 0.5) is 5.69 Å². The molecular formula is C21H20N4O3. The first-order valence-corrected chi connectivity index (χ1v) is 8.96. The highest BCUT2D eigenvalue weighted by Gasteiger charge is 2.18. The van der Waals surface area contributed by atoms with Crippen molar-refractivity contribution in [1.82, 2.24) is 9.55 Å². The summed E-state index contributed by atoms with van der Waals surface area (Å²) in [6.45, 7) is 1.39. The highest BCUT2D eigenvalue weighted by Crippen LogP contribution is 2.17. The zero-order valence-corrected chi connectivity index (χ0v) is 15.5. The van der Waals surface area contributed by atoms with Gasteiger partial charge in [0.2, 0.25) is 0 Å². The lowest BCUT2D eigenvalue weighted by Gasteiger charge is -2.19. The van der Waals surface area contributed by atoms with Gasteiger partial charge in [0.25, 0.3) is 5.91 Å². The second kappa shape index (κ2) is 8.82. The monoisotopic (exact) mass is 376 g/mol. The van der Waals surface area contributed by atoms with E-state index in [4.69, 9.17) is 10.00 Å². The van der Waals surface area contributed by atoms with Crippen molar-refractivity contribution >= 4 is 28.6 Å². The predicted molar refractivity (Wildman–Crippen MR) is 104 cm³/mol. The van der Waals surface area contributed by atoms with Gasteiger partial charge in [-0.1, -0.05) is 37.3 Å². The molecule has 1 aromatic heterocycles. The van der Waals surface area contributed by atoms with E-state index < -0.39 is 18.5 Å². The summed E-state index contributed by atoms with van der Waals surface area (Å²) < 4.78 is 6.98. The highest BCUT2D eigenvalue weighted by atomic mass is 16.5. The van der Waals surface area contributed by atoms with E-state index in [-0.39, 0.29) is 13.1 Å². The molecule has 0 aliphatic rings. The maximum Gasteiger partial charge on any atom is 0.326 e. The van der Waals surface area contributed by atoms with E-state index in [2.05, 4.69) is 4.98 Å². The molecule has 1 heterocycles. The molecule has 0 atom stereocenters. The minimum Gasteiger partial charge on any atom is -0.454 e. The van der Waals surface area contributed by atoms with Gasteiger partial charge in [0.15, 0.2) is 6.61 Å². The Kier molecular flexibility index (Phi) is 6.02. The van der Waals surface area contributed by atoms with Gasteiger partial charge in [0, 0.05) is 12.1 Å². The molecule has 1 amide bonds. The van der Waals surface area contributed by atoms with Crippen molar-refractivity contribution in [1.29, 1.82) is 5.26 Å². The fourth-order valence-electron chi connectivity index (χ4n) is 2.97. The summed E-state index contributed by atoms with van der Waals surface area (Å²) in [5, 5.41) is 8.99. The predicted octanol–water partition coefficient (Wildman–Crippen LogP) is 2.70. The number of benzene rings is 2. The van der Waals surface area contributed by atoms with Crippen LogP contribution in [0, 0.1) is 11.3 Å². The third-order valence-electron chi connectivity index (χ3n) is 4.29. The molecule has 0 unspecified atom stereocenters. The van der Waals surface area contributed by atoms with Crippen LogP contribution in [0.15, 0.2) is 54.6 Å². The van der Waals surface area contributed by atoms with Gasteiger partial charge >= 0.3 is 5.97 Å². The molecule has 0 saturated heterocycles. The van der Waals surface area contributed by atoms with Crippen molar-refractivity contribution in [2.75, 3.05) is 18.1 Å². The third kappa shape index (κ3) is 4.18. The van der Waals surface area contributed by atoms with E-state index in [1.54, 1.807) is 28.8 Å². The Morgan fingerprint density at radius 3 is 2.57 bits per heavy atom. The van der Waals surface area contributed by atoms with Crippen molar-refractivity contribution in [3.63, 3.8) is 0 Å². The second-order valence-electron chi connectivity index (χ2n) is 6.09. The highest BCUT2D eigenvalue weighted by molar-refractivity contribution is 5.95. The number of anilines is 1. The fourth-order valence-corrected chi connectivity index (χ4v) is 2.97. The Balaban J connectivity index is 1.67. The van der Waals surface area contributed by atoms with Gasteiger partial charge in [-0.2, -0.15) is 5.26 Å². The van der Waals surface area contributed by atoms with Gasteiger partial charge < -0.3 is 9.30 Å². The number of imidazole rings is 1. The minimum atomic E-state index is -0.531. The molecule has 0 aliphatic heterocycles. The number of nitriles is 1. The Morgan fingerprint density at radius 2 is 1.86 bits per heavy atom. The molecule has 0 spiro atoms. The van der Waals surface area contributed by atoms with E-state index >= 15 is 0 Å². The fraction of sp³-hybridized carbons (Fsp3) is 0.238. The van der Waals surface area contributed by atoms with Crippen LogP contribution < -0.4 is 4.90 Å². The van der Waals surface area contributed by atoms with Gasteiger partial charge in [-0.25, -0.2) is 4.98 Å². The molecule has 3 rings (SSSR count). The SMILES string of the molecule is CCc1nc2ccccc2n1CC(=O)OCC(=O)N(CC#N)c1ccccc1. The molecule has 7 heteroatoms. The third-order valence-corrected chi connectivity index (χ3v) is 4.29. The number of para-hydroxylation sites is 3. The minimum absolute atomic E-state index is 0.0272. The summed E-state index contributed by atoms with van der Waals surface area (Å²) in [6.07, 6.45) is 0.671. The van der Waals surface area contributed by atoms with Crippen molar-refractivity contribution in [3.05, 3.63) is 60.4 Å². The quantitative estimate of drug-likeness (QED) is 0.467. The number of amides is 1. The smallest absolute Gasteiger partial charge is 0.326 e. The van der Waals surface area contributed by atoms with Crippen molar-refractivity contribution in [3.8, 4) is 6.07 Å². The van der Waals surface area contributed by atoms with E-state index in [0.29, 0.717) is 12.1 Å². The molecule has 0 fully saturated rings. The molecule has 0 N–H and O–H groups in total. The maximum absolute atomic E-state index is 12.5. The summed E-state index contributed by atoms with van der Waals surface area (Å²) in [5.41, 5.74) is 2.24. The number of rotatable bonds is 7. The van der Waals surface area contributed by atoms with Crippen LogP contribution in [0.25, 0.3) is 11.0 Å². The number of nitrogens with zero attached hydrogens (tertiary/aromatic N) is 4. The molecule has 3 aromatic rings. The number of ether oxygens (including phenoxy) is 1. The van der Waals surface area contributed by atoms with Crippen molar-refractivity contribution in [2.24, 2.45) is 0 Å². The van der Waals surface area contributed by atoms with Crippen LogP contribution >= 0.6 is 0 Å². The number of fused-ring (bicyclic) bond motifs is 1. The van der Waals surface area contributed by atoms with Crippen LogP contribution in [-0.4, -0.2) is 34.6 Å². The Labute approximate surface area is 162 Å². The Morgan fingerprint density at radius 1 is 1.14 bits per heavy atom. The second-order valence-corrected chi connectivity index (χ2v) is 6.09. The topological polar surface area (TPSA) is 88.2 Å². The molecule has 0 aliphatic carbocycles. The molecule has 0 bridgehead atoms. The number of esters is 1.